The maximum absolute atomic E-state index is 5.84. The molecule has 0 bridgehead atoms. The smallest absolute Gasteiger partial charge is 0.0701 e. The Labute approximate surface area is 213 Å². The van der Waals surface area contributed by atoms with Gasteiger partial charge in [-0.2, -0.15) is 0 Å². The van der Waals surface area contributed by atoms with Crippen LogP contribution in [0.1, 0.15) is 0 Å². The van der Waals surface area contributed by atoms with Crippen molar-refractivity contribution < 1.29 is 18.9 Å². The van der Waals surface area contributed by atoms with Gasteiger partial charge in [0.25, 0.3) is 0 Å². The van der Waals surface area contributed by atoms with Crippen molar-refractivity contribution in [1.29, 1.82) is 0 Å². The van der Waals surface area contributed by atoms with E-state index in [1.807, 2.05) is 35.7 Å². The van der Waals surface area contributed by atoms with Crippen molar-refractivity contribution in [2.24, 2.45) is 0 Å². The molecule has 0 radical (unpaired) electrons. The Morgan fingerprint density at radius 3 is 1.12 bits per heavy atom. The molecular formula is C26H38N2O4S2. The lowest BCUT2D eigenvalue weighted by atomic mass is 10.4. The molecule has 6 nitrogen and oxygen atoms in total. The molecule has 0 aromatic heterocycles. The van der Waals surface area contributed by atoms with Gasteiger partial charge in [-0.15, -0.1) is 23.5 Å². The lowest BCUT2D eigenvalue weighted by molar-refractivity contribution is 0.0124. The van der Waals surface area contributed by atoms with Crippen molar-refractivity contribution in [2.45, 2.75) is 9.79 Å². The van der Waals surface area contributed by atoms with Gasteiger partial charge in [0.15, 0.2) is 0 Å². The lowest BCUT2D eigenvalue weighted by Crippen LogP contribution is -2.33. The molecule has 0 aliphatic carbocycles. The number of rotatable bonds is 6. The second-order valence-electron chi connectivity index (χ2n) is 7.86. The highest BCUT2D eigenvalue weighted by Crippen LogP contribution is 2.19. The minimum absolute atomic E-state index is 0.623. The molecule has 34 heavy (non-hydrogen) atoms. The number of ether oxygens (including phenoxy) is 4. The number of hydrogen-bond donors (Lipinski definition) is 0. The van der Waals surface area contributed by atoms with E-state index >= 15 is 0 Å². The first-order valence-corrected chi connectivity index (χ1v) is 14.0. The molecule has 0 N–H and O–H groups in total. The van der Waals surface area contributed by atoms with Gasteiger partial charge in [-0.25, -0.2) is 0 Å². The summed E-state index contributed by atoms with van der Waals surface area (Å²) in [6.07, 6.45) is 0. The van der Waals surface area contributed by atoms with Gasteiger partial charge in [-0.05, 0) is 24.3 Å². The van der Waals surface area contributed by atoms with E-state index < -0.39 is 0 Å². The van der Waals surface area contributed by atoms with Gasteiger partial charge in [-0.3, -0.25) is 9.80 Å². The van der Waals surface area contributed by atoms with Crippen LogP contribution >= 0.6 is 23.5 Å². The Bertz CT molecular complexity index is 659. The lowest BCUT2D eigenvalue weighted by Gasteiger charge is -2.23. The molecule has 0 amide bonds. The molecule has 8 heteroatoms. The molecule has 0 spiro atoms. The van der Waals surface area contributed by atoms with Crippen LogP contribution in [0.15, 0.2) is 70.5 Å². The van der Waals surface area contributed by atoms with Crippen LogP contribution in [0.5, 0.6) is 0 Å². The van der Waals surface area contributed by atoms with E-state index in [2.05, 4.69) is 58.3 Å². The van der Waals surface area contributed by atoms with Crippen LogP contribution in [-0.2, 0) is 18.9 Å². The summed E-state index contributed by atoms with van der Waals surface area (Å²) < 4.78 is 23.4. The van der Waals surface area contributed by atoms with E-state index in [9.17, 15) is 0 Å². The molecule has 1 aliphatic heterocycles. The Hall–Kier alpha value is -1.10. The fourth-order valence-corrected chi connectivity index (χ4v) is 5.14. The number of nitrogens with zero attached hydrogens (tertiary/aromatic N) is 2. The summed E-state index contributed by atoms with van der Waals surface area (Å²) in [5.41, 5.74) is 0. The SMILES string of the molecule is c1ccc(SCN2CCOCCOCCN(CSc3ccccc3)CCOCCOCC2)cc1. The van der Waals surface area contributed by atoms with Gasteiger partial charge in [-0.1, -0.05) is 36.4 Å². The van der Waals surface area contributed by atoms with E-state index in [1.54, 1.807) is 0 Å². The minimum Gasteiger partial charge on any atom is -0.378 e. The Kier molecular flexibility index (Phi) is 14.7. The topological polar surface area (TPSA) is 43.4 Å². The largest absolute Gasteiger partial charge is 0.378 e. The monoisotopic (exact) mass is 506 g/mol. The van der Waals surface area contributed by atoms with Crippen molar-refractivity contribution in [1.82, 2.24) is 9.80 Å². The fourth-order valence-electron chi connectivity index (χ4n) is 3.27. The van der Waals surface area contributed by atoms with E-state index in [0.29, 0.717) is 52.9 Å². The first-order valence-electron chi connectivity index (χ1n) is 12.0. The van der Waals surface area contributed by atoms with Crippen molar-refractivity contribution in [3.63, 3.8) is 0 Å². The second-order valence-corrected chi connectivity index (χ2v) is 9.90. The predicted molar refractivity (Wildman–Crippen MR) is 141 cm³/mol. The van der Waals surface area contributed by atoms with Gasteiger partial charge < -0.3 is 18.9 Å². The fraction of sp³-hybridized carbons (Fsp3) is 0.538. The number of thioether (sulfide) groups is 2. The molecule has 1 fully saturated rings. The molecule has 0 atom stereocenters. The van der Waals surface area contributed by atoms with Crippen molar-refractivity contribution >= 4 is 23.5 Å². The highest BCUT2D eigenvalue weighted by Gasteiger charge is 2.09. The number of hydrogen-bond acceptors (Lipinski definition) is 8. The summed E-state index contributed by atoms with van der Waals surface area (Å²) >= 11 is 3.69. The van der Waals surface area contributed by atoms with E-state index in [0.717, 1.165) is 37.9 Å². The molecule has 0 unspecified atom stereocenters. The molecule has 0 saturated carbocycles. The van der Waals surface area contributed by atoms with Gasteiger partial charge in [0.05, 0.1) is 52.9 Å². The molecule has 188 valence electrons. The average molecular weight is 507 g/mol. The first-order chi connectivity index (χ1) is 16.9. The molecule has 2 aromatic carbocycles. The zero-order valence-electron chi connectivity index (χ0n) is 20.0. The summed E-state index contributed by atoms with van der Waals surface area (Å²) in [6, 6.07) is 21.0. The van der Waals surface area contributed by atoms with Crippen LogP contribution in [0.2, 0.25) is 0 Å². The van der Waals surface area contributed by atoms with E-state index in [1.165, 1.54) is 9.79 Å². The third kappa shape index (κ3) is 12.6. The number of benzene rings is 2. The molecule has 1 heterocycles. The van der Waals surface area contributed by atoms with Crippen LogP contribution in [-0.4, -0.2) is 101 Å². The zero-order chi connectivity index (χ0) is 23.5. The molecule has 1 saturated heterocycles. The molecule has 3 rings (SSSR count). The van der Waals surface area contributed by atoms with E-state index in [4.69, 9.17) is 18.9 Å². The molecule has 1 aliphatic rings. The summed E-state index contributed by atoms with van der Waals surface area (Å²) in [5, 5.41) is 0. The summed E-state index contributed by atoms with van der Waals surface area (Å²) in [4.78, 5) is 7.32. The zero-order valence-corrected chi connectivity index (χ0v) is 21.6. The summed E-state index contributed by atoms with van der Waals surface area (Å²) in [5.74, 6) is 1.83. The first kappa shape index (κ1) is 27.5. The second kappa shape index (κ2) is 18.2. The van der Waals surface area contributed by atoms with Gasteiger partial charge >= 0.3 is 0 Å². The normalized spacial score (nSPS) is 19.3. The van der Waals surface area contributed by atoms with Crippen LogP contribution in [0.25, 0.3) is 0 Å². The van der Waals surface area contributed by atoms with Crippen LogP contribution < -0.4 is 0 Å². The average Bonchev–Trinajstić information content (AvgIpc) is 2.88. The third-order valence-corrected chi connectivity index (χ3v) is 7.46. The maximum atomic E-state index is 5.84. The Morgan fingerprint density at radius 1 is 0.471 bits per heavy atom. The van der Waals surface area contributed by atoms with E-state index in [-0.39, 0.29) is 0 Å². The minimum atomic E-state index is 0.623. The summed E-state index contributed by atoms with van der Waals surface area (Å²) in [6.45, 7) is 8.79. The summed E-state index contributed by atoms with van der Waals surface area (Å²) in [7, 11) is 0. The van der Waals surface area contributed by atoms with Crippen LogP contribution in [0, 0.1) is 0 Å². The Balaban J connectivity index is 1.38. The predicted octanol–water partition coefficient (Wildman–Crippen LogP) is 4.17. The van der Waals surface area contributed by atoms with Gasteiger partial charge in [0.1, 0.15) is 0 Å². The quantitative estimate of drug-likeness (QED) is 0.541. The standard InChI is InChI=1S/C26H38N2O4S2/c1-3-7-25(8-4-1)33-23-27-11-15-29-19-21-31-17-13-28(14-18-32-22-20-30-16-12-27)24-34-26-9-5-2-6-10-26/h1-10H,11-24H2. The molecule has 2 aromatic rings. The van der Waals surface area contributed by atoms with Gasteiger partial charge in [0, 0.05) is 47.7 Å². The Morgan fingerprint density at radius 2 is 0.794 bits per heavy atom. The maximum Gasteiger partial charge on any atom is 0.0701 e. The van der Waals surface area contributed by atoms with Crippen LogP contribution in [0.3, 0.4) is 0 Å². The van der Waals surface area contributed by atoms with Crippen LogP contribution in [0.4, 0.5) is 0 Å². The van der Waals surface area contributed by atoms with Crippen molar-refractivity contribution in [3.8, 4) is 0 Å². The van der Waals surface area contributed by atoms with Crippen molar-refractivity contribution in [3.05, 3.63) is 60.7 Å². The highest BCUT2D eigenvalue weighted by atomic mass is 32.2. The highest BCUT2D eigenvalue weighted by molar-refractivity contribution is 7.99. The van der Waals surface area contributed by atoms with Crippen molar-refractivity contribution in [2.75, 3.05) is 90.8 Å². The van der Waals surface area contributed by atoms with Gasteiger partial charge in [0.2, 0.25) is 0 Å². The third-order valence-electron chi connectivity index (χ3n) is 5.27. The molecular weight excluding hydrogens is 468 g/mol.